The number of nitrogens with one attached hydrogen (secondary N) is 1. The third kappa shape index (κ3) is 4.31. The zero-order chi connectivity index (χ0) is 19.4. The number of carbonyl (C=O) groups is 1. The molecule has 0 saturated carbocycles. The Labute approximate surface area is 160 Å². The highest BCUT2D eigenvalue weighted by Gasteiger charge is 2.25. The lowest BCUT2D eigenvalue weighted by atomic mass is 10.1. The van der Waals surface area contributed by atoms with Crippen LogP contribution in [0.25, 0.3) is 0 Å². The monoisotopic (exact) mass is 388 g/mol. The summed E-state index contributed by atoms with van der Waals surface area (Å²) in [5.74, 6) is -0.100. The van der Waals surface area contributed by atoms with Crippen LogP contribution in [0.5, 0.6) is 0 Å². The van der Waals surface area contributed by atoms with Crippen LogP contribution in [0, 0.1) is 0 Å². The van der Waals surface area contributed by atoms with Gasteiger partial charge in [-0.1, -0.05) is 25.5 Å². The van der Waals surface area contributed by atoms with Crippen molar-refractivity contribution in [3.63, 3.8) is 0 Å². The number of hydrogen-bond acceptors (Lipinski definition) is 4. The molecule has 2 aromatic rings. The average molecular weight is 388 g/mol. The third-order valence-electron chi connectivity index (χ3n) is 4.57. The van der Waals surface area contributed by atoms with Gasteiger partial charge < -0.3 is 9.64 Å². The first kappa shape index (κ1) is 19.4. The molecule has 27 heavy (non-hydrogen) atoms. The van der Waals surface area contributed by atoms with Gasteiger partial charge in [-0.25, -0.2) is 8.42 Å². The van der Waals surface area contributed by atoms with Crippen molar-refractivity contribution in [2.75, 3.05) is 29.9 Å². The number of anilines is 2. The molecule has 0 spiro atoms. The minimum Gasteiger partial charge on any atom is -0.375 e. The molecule has 1 N–H and O–H groups in total. The number of hydrogen-bond donors (Lipinski definition) is 1. The third-order valence-corrected chi connectivity index (χ3v) is 5.97. The summed E-state index contributed by atoms with van der Waals surface area (Å²) in [6, 6.07) is 12.2. The van der Waals surface area contributed by atoms with Crippen molar-refractivity contribution >= 4 is 27.3 Å². The molecule has 0 saturated heterocycles. The number of methoxy groups -OCH3 is 1. The van der Waals surface area contributed by atoms with Crippen LogP contribution in [-0.2, 0) is 32.4 Å². The Morgan fingerprint density at radius 3 is 2.59 bits per heavy atom. The van der Waals surface area contributed by atoms with Crippen LogP contribution in [0.15, 0.2) is 47.4 Å². The van der Waals surface area contributed by atoms with Gasteiger partial charge in [-0.05, 0) is 54.3 Å². The smallest absolute Gasteiger partial charge is 0.261 e. The Kier molecular flexibility index (Phi) is 5.82. The highest BCUT2D eigenvalue weighted by atomic mass is 32.2. The van der Waals surface area contributed by atoms with Crippen molar-refractivity contribution < 1.29 is 17.9 Å². The van der Waals surface area contributed by atoms with E-state index in [1.54, 1.807) is 35.2 Å². The molecule has 0 radical (unpaired) electrons. The topological polar surface area (TPSA) is 75.7 Å². The minimum atomic E-state index is -3.65. The first-order chi connectivity index (χ1) is 12.9. The van der Waals surface area contributed by atoms with E-state index in [4.69, 9.17) is 4.74 Å². The average Bonchev–Trinajstić information content (AvgIpc) is 3.05. The number of rotatable bonds is 7. The van der Waals surface area contributed by atoms with Gasteiger partial charge in [0.25, 0.3) is 15.9 Å². The van der Waals surface area contributed by atoms with Gasteiger partial charge in [-0.3, -0.25) is 9.52 Å². The molecule has 7 heteroatoms. The Balaban J connectivity index is 1.77. The molecule has 0 aromatic heterocycles. The molecule has 2 aromatic carbocycles. The lowest BCUT2D eigenvalue weighted by Gasteiger charge is -2.17. The molecule has 0 fully saturated rings. The van der Waals surface area contributed by atoms with Gasteiger partial charge in [0.05, 0.1) is 4.90 Å². The van der Waals surface area contributed by atoms with Crippen LogP contribution >= 0.6 is 0 Å². The first-order valence-corrected chi connectivity index (χ1v) is 10.5. The summed E-state index contributed by atoms with van der Waals surface area (Å²) in [6.07, 6.45) is 2.63. The van der Waals surface area contributed by atoms with Crippen LogP contribution in [0.3, 0.4) is 0 Å². The molecule has 0 bridgehead atoms. The van der Waals surface area contributed by atoms with Crippen molar-refractivity contribution in [2.45, 2.75) is 31.1 Å². The van der Waals surface area contributed by atoms with E-state index in [0.717, 1.165) is 29.7 Å². The molecule has 6 nitrogen and oxygen atoms in total. The summed E-state index contributed by atoms with van der Waals surface area (Å²) < 4.78 is 32.8. The molecular formula is C20H24N2O4S. The fraction of sp³-hybridized carbons (Fsp3) is 0.350. The summed E-state index contributed by atoms with van der Waals surface area (Å²) in [5.41, 5.74) is 3.36. The van der Waals surface area contributed by atoms with Crippen molar-refractivity contribution in [2.24, 2.45) is 0 Å². The molecule has 3 rings (SSSR count). The van der Waals surface area contributed by atoms with E-state index in [0.29, 0.717) is 18.7 Å². The zero-order valence-electron chi connectivity index (χ0n) is 15.6. The number of ether oxygens (including phenoxy) is 1. The SMILES string of the molecule is CCCc1ccc(S(=O)(=O)Nc2ccc3c(c2)CCN3C(=O)COC)cc1. The number of aryl methyl sites for hydroxylation is 1. The van der Waals surface area contributed by atoms with Crippen molar-refractivity contribution in [3.05, 3.63) is 53.6 Å². The predicted molar refractivity (Wildman–Crippen MR) is 106 cm³/mol. The van der Waals surface area contributed by atoms with E-state index in [-0.39, 0.29) is 17.4 Å². The molecule has 0 aliphatic carbocycles. The standard InChI is InChI=1S/C20H24N2O4S/c1-3-4-15-5-8-18(9-6-15)27(24,25)21-17-7-10-19-16(13-17)11-12-22(19)20(23)14-26-2/h5-10,13,21H,3-4,11-12,14H2,1-2H3. The number of fused-ring (bicyclic) bond motifs is 1. The Hall–Kier alpha value is -2.38. The van der Waals surface area contributed by atoms with E-state index in [9.17, 15) is 13.2 Å². The maximum absolute atomic E-state index is 12.6. The second-order valence-corrected chi connectivity index (χ2v) is 8.25. The molecule has 1 aliphatic heterocycles. The van der Waals surface area contributed by atoms with E-state index in [2.05, 4.69) is 11.6 Å². The van der Waals surface area contributed by atoms with Gasteiger partial charge in [-0.15, -0.1) is 0 Å². The number of amides is 1. The Bertz CT molecular complexity index is 923. The molecule has 144 valence electrons. The van der Waals surface area contributed by atoms with Crippen LogP contribution in [0.4, 0.5) is 11.4 Å². The highest BCUT2D eigenvalue weighted by Crippen LogP contribution is 2.31. The van der Waals surface area contributed by atoms with E-state index < -0.39 is 10.0 Å². The second kappa shape index (κ2) is 8.10. The number of carbonyl (C=O) groups excluding carboxylic acids is 1. The fourth-order valence-electron chi connectivity index (χ4n) is 3.26. The first-order valence-electron chi connectivity index (χ1n) is 8.98. The van der Waals surface area contributed by atoms with Gasteiger partial charge >= 0.3 is 0 Å². The molecule has 1 amide bonds. The minimum absolute atomic E-state index is 0.0296. The molecule has 1 heterocycles. The quantitative estimate of drug-likeness (QED) is 0.791. The summed E-state index contributed by atoms with van der Waals surface area (Å²) in [6.45, 7) is 2.69. The molecular weight excluding hydrogens is 364 g/mol. The summed E-state index contributed by atoms with van der Waals surface area (Å²) in [7, 11) is -2.16. The predicted octanol–water partition coefficient (Wildman–Crippen LogP) is 2.98. The Morgan fingerprint density at radius 2 is 1.93 bits per heavy atom. The maximum atomic E-state index is 12.6. The van der Waals surface area contributed by atoms with Gasteiger partial charge in [0.15, 0.2) is 0 Å². The van der Waals surface area contributed by atoms with Crippen molar-refractivity contribution in [3.8, 4) is 0 Å². The highest BCUT2D eigenvalue weighted by molar-refractivity contribution is 7.92. The number of benzene rings is 2. The summed E-state index contributed by atoms with van der Waals surface area (Å²) in [4.78, 5) is 14.0. The number of sulfonamides is 1. The van der Waals surface area contributed by atoms with Crippen molar-refractivity contribution in [1.29, 1.82) is 0 Å². The molecule has 0 unspecified atom stereocenters. The Morgan fingerprint density at radius 1 is 1.19 bits per heavy atom. The lowest BCUT2D eigenvalue weighted by molar-refractivity contribution is -0.122. The van der Waals surface area contributed by atoms with E-state index in [1.165, 1.54) is 7.11 Å². The molecule has 0 atom stereocenters. The van der Waals surface area contributed by atoms with Gasteiger partial charge in [0.2, 0.25) is 0 Å². The number of nitrogens with zero attached hydrogens (tertiary/aromatic N) is 1. The van der Waals surface area contributed by atoms with Crippen LogP contribution in [0.2, 0.25) is 0 Å². The second-order valence-electron chi connectivity index (χ2n) is 6.57. The zero-order valence-corrected chi connectivity index (χ0v) is 16.4. The summed E-state index contributed by atoms with van der Waals surface area (Å²) in [5, 5.41) is 0. The normalized spacial score (nSPS) is 13.5. The van der Waals surface area contributed by atoms with Crippen LogP contribution in [-0.4, -0.2) is 34.6 Å². The summed E-state index contributed by atoms with van der Waals surface area (Å²) >= 11 is 0. The van der Waals surface area contributed by atoms with Crippen molar-refractivity contribution in [1.82, 2.24) is 0 Å². The fourth-order valence-corrected chi connectivity index (χ4v) is 4.31. The largest absolute Gasteiger partial charge is 0.375 e. The van der Waals surface area contributed by atoms with Gasteiger partial charge in [0.1, 0.15) is 6.61 Å². The van der Waals surface area contributed by atoms with E-state index in [1.807, 2.05) is 12.1 Å². The maximum Gasteiger partial charge on any atom is 0.261 e. The van der Waals surface area contributed by atoms with Gasteiger partial charge in [-0.2, -0.15) is 0 Å². The van der Waals surface area contributed by atoms with E-state index >= 15 is 0 Å². The van der Waals surface area contributed by atoms with Crippen LogP contribution < -0.4 is 9.62 Å². The van der Waals surface area contributed by atoms with Gasteiger partial charge in [0, 0.05) is 25.0 Å². The van der Waals surface area contributed by atoms with Crippen LogP contribution in [0.1, 0.15) is 24.5 Å². The lowest BCUT2D eigenvalue weighted by Crippen LogP contribution is -2.31. The molecule has 1 aliphatic rings.